The molecule has 0 spiro atoms. The number of thiophene rings is 1. The first-order valence-electron chi connectivity index (χ1n) is 9.55. The van der Waals surface area contributed by atoms with Crippen LogP contribution < -0.4 is 10.1 Å². The fourth-order valence-electron chi connectivity index (χ4n) is 3.09. The molecule has 2 aromatic carbocycles. The highest BCUT2D eigenvalue weighted by Gasteiger charge is 2.15. The summed E-state index contributed by atoms with van der Waals surface area (Å²) < 4.78 is 28.0. The Morgan fingerprint density at radius 3 is 2.68 bits per heavy atom. The normalized spacial score (nSPS) is 11.4. The fourth-order valence-corrected chi connectivity index (χ4v) is 4.16. The largest absolute Gasteiger partial charge is 0.492 e. The lowest BCUT2D eigenvalue weighted by Crippen LogP contribution is -2.14. The molecular formula is C23H20N2O4S2. The number of benzene rings is 2. The minimum Gasteiger partial charge on any atom is -0.492 e. The van der Waals surface area contributed by atoms with Gasteiger partial charge in [0.1, 0.15) is 12.4 Å². The Morgan fingerprint density at radius 2 is 1.90 bits per heavy atom. The lowest BCUT2D eigenvalue weighted by atomic mass is 10.1. The molecule has 0 unspecified atom stereocenters. The van der Waals surface area contributed by atoms with Crippen LogP contribution in [0, 0.1) is 0 Å². The molecule has 0 bridgehead atoms. The quantitative estimate of drug-likeness (QED) is 0.442. The molecule has 0 radical (unpaired) electrons. The SMILES string of the molecule is CS(=O)(=O)CCOc1cccc(NC(=O)c2cc(-c3cccs3)nc3ccccc23)c1. The lowest BCUT2D eigenvalue weighted by Gasteiger charge is -2.11. The molecule has 0 atom stereocenters. The van der Waals surface area contributed by atoms with Crippen molar-refractivity contribution in [3.63, 3.8) is 0 Å². The highest BCUT2D eigenvalue weighted by molar-refractivity contribution is 7.90. The van der Waals surface area contributed by atoms with Gasteiger partial charge in [0.05, 0.1) is 27.4 Å². The Balaban J connectivity index is 1.60. The number of anilines is 1. The molecule has 2 aromatic heterocycles. The van der Waals surface area contributed by atoms with Gasteiger partial charge in [-0.3, -0.25) is 4.79 Å². The average Bonchev–Trinajstić information content (AvgIpc) is 3.27. The molecule has 0 aliphatic heterocycles. The Kier molecular flexibility index (Phi) is 6.01. The number of pyridine rings is 1. The minimum absolute atomic E-state index is 0.0510. The number of hydrogen-bond acceptors (Lipinski definition) is 6. The molecule has 1 N–H and O–H groups in total. The van der Waals surface area contributed by atoms with Gasteiger partial charge in [-0.05, 0) is 35.7 Å². The highest BCUT2D eigenvalue weighted by Crippen LogP contribution is 2.28. The van der Waals surface area contributed by atoms with E-state index < -0.39 is 9.84 Å². The Hall–Kier alpha value is -3.23. The summed E-state index contributed by atoms with van der Waals surface area (Å²) >= 11 is 1.57. The second-order valence-electron chi connectivity index (χ2n) is 7.01. The molecule has 6 nitrogen and oxygen atoms in total. The van der Waals surface area contributed by atoms with Crippen LogP contribution in [0.2, 0.25) is 0 Å². The molecular weight excluding hydrogens is 432 g/mol. The van der Waals surface area contributed by atoms with E-state index in [1.54, 1.807) is 41.7 Å². The average molecular weight is 453 g/mol. The van der Waals surface area contributed by atoms with Gasteiger partial charge in [-0.15, -0.1) is 11.3 Å². The minimum atomic E-state index is -3.10. The second kappa shape index (κ2) is 8.87. The molecule has 2 heterocycles. The molecule has 158 valence electrons. The van der Waals surface area contributed by atoms with Crippen molar-refractivity contribution in [1.29, 1.82) is 0 Å². The van der Waals surface area contributed by atoms with Gasteiger partial charge in [0, 0.05) is 23.4 Å². The van der Waals surface area contributed by atoms with Crippen LogP contribution >= 0.6 is 11.3 Å². The maximum absolute atomic E-state index is 13.2. The van der Waals surface area contributed by atoms with E-state index in [0.717, 1.165) is 27.7 Å². The number of fused-ring (bicyclic) bond motifs is 1. The van der Waals surface area contributed by atoms with Crippen LogP contribution in [0.25, 0.3) is 21.5 Å². The van der Waals surface area contributed by atoms with E-state index in [2.05, 4.69) is 5.32 Å². The maximum atomic E-state index is 13.2. The van der Waals surface area contributed by atoms with Crippen LogP contribution in [0.15, 0.2) is 72.1 Å². The first kappa shape index (κ1) is 21.0. The van der Waals surface area contributed by atoms with E-state index in [4.69, 9.17) is 9.72 Å². The van der Waals surface area contributed by atoms with Gasteiger partial charge < -0.3 is 10.1 Å². The molecule has 4 rings (SSSR count). The van der Waals surface area contributed by atoms with E-state index in [0.29, 0.717) is 17.0 Å². The van der Waals surface area contributed by atoms with Crippen molar-refractivity contribution < 1.29 is 17.9 Å². The van der Waals surface area contributed by atoms with Crippen LogP contribution in [0.1, 0.15) is 10.4 Å². The number of carbonyl (C=O) groups is 1. The Morgan fingerprint density at radius 1 is 1.06 bits per heavy atom. The van der Waals surface area contributed by atoms with E-state index in [1.807, 2.05) is 41.8 Å². The van der Waals surface area contributed by atoms with Gasteiger partial charge in [-0.1, -0.05) is 30.3 Å². The number of rotatable bonds is 7. The third kappa shape index (κ3) is 5.28. The highest BCUT2D eigenvalue weighted by atomic mass is 32.2. The van der Waals surface area contributed by atoms with E-state index in [1.165, 1.54) is 0 Å². The van der Waals surface area contributed by atoms with Gasteiger partial charge in [0.25, 0.3) is 5.91 Å². The van der Waals surface area contributed by atoms with E-state index in [-0.39, 0.29) is 18.3 Å². The van der Waals surface area contributed by atoms with Crippen molar-refractivity contribution in [1.82, 2.24) is 4.98 Å². The van der Waals surface area contributed by atoms with Crippen LogP contribution in [0.4, 0.5) is 5.69 Å². The van der Waals surface area contributed by atoms with Crippen LogP contribution in [-0.4, -0.2) is 37.9 Å². The lowest BCUT2D eigenvalue weighted by molar-refractivity contribution is 0.102. The molecule has 0 fully saturated rings. The number of amides is 1. The number of sulfone groups is 1. The topological polar surface area (TPSA) is 85.4 Å². The molecule has 0 aliphatic carbocycles. The molecule has 31 heavy (non-hydrogen) atoms. The molecule has 4 aromatic rings. The summed E-state index contributed by atoms with van der Waals surface area (Å²) in [6.45, 7) is 0.0510. The van der Waals surface area contributed by atoms with Crippen LogP contribution in [-0.2, 0) is 9.84 Å². The molecule has 8 heteroatoms. The van der Waals surface area contributed by atoms with Crippen molar-refractivity contribution in [2.45, 2.75) is 0 Å². The van der Waals surface area contributed by atoms with E-state index >= 15 is 0 Å². The summed E-state index contributed by atoms with van der Waals surface area (Å²) in [6, 6.07) is 20.1. The number of ether oxygens (including phenoxy) is 1. The fraction of sp³-hybridized carbons (Fsp3) is 0.130. The summed E-state index contributed by atoms with van der Waals surface area (Å²) in [5.74, 6) is 0.156. The first-order valence-corrected chi connectivity index (χ1v) is 12.5. The number of aromatic nitrogens is 1. The predicted octanol–water partition coefficient (Wildman–Crippen LogP) is 4.64. The van der Waals surface area contributed by atoms with Crippen molar-refractivity contribution in [3.05, 3.63) is 77.7 Å². The molecule has 0 aliphatic rings. The van der Waals surface area contributed by atoms with Crippen molar-refractivity contribution >= 4 is 43.7 Å². The summed E-state index contributed by atoms with van der Waals surface area (Å²) in [7, 11) is -3.10. The molecule has 1 amide bonds. The predicted molar refractivity (Wildman–Crippen MR) is 125 cm³/mol. The van der Waals surface area contributed by atoms with Gasteiger partial charge in [-0.25, -0.2) is 13.4 Å². The van der Waals surface area contributed by atoms with Gasteiger partial charge in [-0.2, -0.15) is 0 Å². The van der Waals surface area contributed by atoms with Gasteiger partial charge in [0.2, 0.25) is 0 Å². The zero-order valence-electron chi connectivity index (χ0n) is 16.7. The number of hydrogen-bond donors (Lipinski definition) is 1. The van der Waals surface area contributed by atoms with Gasteiger partial charge >= 0.3 is 0 Å². The third-order valence-electron chi connectivity index (χ3n) is 4.55. The summed E-state index contributed by atoms with van der Waals surface area (Å²) in [6.07, 6.45) is 1.16. The summed E-state index contributed by atoms with van der Waals surface area (Å²) in [5, 5.41) is 5.65. The number of carbonyl (C=O) groups excluding carboxylic acids is 1. The maximum Gasteiger partial charge on any atom is 0.256 e. The number of para-hydroxylation sites is 1. The van der Waals surface area contributed by atoms with Gasteiger partial charge in [0.15, 0.2) is 9.84 Å². The molecule has 0 saturated carbocycles. The Bertz CT molecular complexity index is 1330. The first-order chi connectivity index (χ1) is 14.9. The zero-order valence-corrected chi connectivity index (χ0v) is 18.4. The summed E-state index contributed by atoms with van der Waals surface area (Å²) in [5.41, 5.74) is 2.57. The summed E-state index contributed by atoms with van der Waals surface area (Å²) in [4.78, 5) is 18.8. The standard InChI is InChI=1S/C23H20N2O4S2/c1-31(27,28)13-11-29-17-7-4-6-16(14-17)24-23(26)19-15-21(22-10-5-12-30-22)25-20-9-3-2-8-18(19)20/h2-10,12,14-15H,11,13H2,1H3,(H,24,26). The third-order valence-corrected chi connectivity index (χ3v) is 6.35. The zero-order chi connectivity index (χ0) is 21.8. The van der Waals surface area contributed by atoms with Crippen molar-refractivity contribution in [2.75, 3.05) is 23.9 Å². The molecule has 0 saturated heterocycles. The van der Waals surface area contributed by atoms with Crippen molar-refractivity contribution in [2.24, 2.45) is 0 Å². The number of nitrogens with zero attached hydrogens (tertiary/aromatic N) is 1. The second-order valence-corrected chi connectivity index (χ2v) is 10.2. The Labute approximate surface area is 184 Å². The smallest absolute Gasteiger partial charge is 0.256 e. The number of nitrogens with one attached hydrogen (secondary N) is 1. The van der Waals surface area contributed by atoms with Crippen molar-refractivity contribution in [3.8, 4) is 16.3 Å². The van der Waals surface area contributed by atoms with Crippen LogP contribution in [0.5, 0.6) is 5.75 Å². The van der Waals surface area contributed by atoms with E-state index in [9.17, 15) is 13.2 Å². The monoisotopic (exact) mass is 452 g/mol. The van der Waals surface area contributed by atoms with Crippen LogP contribution in [0.3, 0.4) is 0 Å².